The molecule has 0 aliphatic carbocycles. The lowest BCUT2D eigenvalue weighted by Crippen LogP contribution is -1.99. The van der Waals surface area contributed by atoms with Gasteiger partial charge in [0.2, 0.25) is 6.79 Å². The number of ether oxygens (including phenoxy) is 5. The molecule has 0 bridgehead atoms. The van der Waals surface area contributed by atoms with Crippen LogP contribution in [0.3, 0.4) is 0 Å². The van der Waals surface area contributed by atoms with E-state index in [0.29, 0.717) is 28.6 Å². The molecule has 1 heterocycles. The second-order valence-corrected chi connectivity index (χ2v) is 6.96. The molecule has 7 heteroatoms. The maximum atomic E-state index is 12.5. The summed E-state index contributed by atoms with van der Waals surface area (Å²) in [6.45, 7) is 0.476. The fourth-order valence-electron chi connectivity index (χ4n) is 3.24. The lowest BCUT2D eigenvalue weighted by molar-refractivity contribution is 0.104. The number of phenolic OH excluding ortho intramolecular Hbond substituents is 1. The first-order valence-corrected chi connectivity index (χ1v) is 9.86. The minimum absolute atomic E-state index is 0.0183. The van der Waals surface area contributed by atoms with Crippen LogP contribution in [-0.4, -0.2) is 31.9 Å². The van der Waals surface area contributed by atoms with E-state index in [0.717, 1.165) is 11.1 Å². The lowest BCUT2D eigenvalue weighted by atomic mass is 10.1. The number of hydrogen-bond donors (Lipinski definition) is 1. The molecule has 0 spiro atoms. The number of methoxy groups -OCH3 is 2. The van der Waals surface area contributed by atoms with Crippen LogP contribution in [0.5, 0.6) is 34.5 Å². The number of ketones is 1. The van der Waals surface area contributed by atoms with Crippen molar-refractivity contribution in [2.45, 2.75) is 6.61 Å². The third kappa shape index (κ3) is 4.62. The Morgan fingerprint density at radius 2 is 1.78 bits per heavy atom. The Morgan fingerprint density at radius 3 is 2.59 bits per heavy atom. The van der Waals surface area contributed by atoms with Gasteiger partial charge in [0.15, 0.2) is 28.8 Å². The molecule has 0 saturated heterocycles. The molecule has 3 aromatic carbocycles. The highest BCUT2D eigenvalue weighted by Crippen LogP contribution is 2.35. The summed E-state index contributed by atoms with van der Waals surface area (Å²) in [5.41, 5.74) is 2.05. The molecule has 0 atom stereocenters. The van der Waals surface area contributed by atoms with Gasteiger partial charge in [-0.1, -0.05) is 12.1 Å². The average Bonchev–Trinajstić information content (AvgIpc) is 3.29. The van der Waals surface area contributed by atoms with E-state index in [4.69, 9.17) is 23.7 Å². The van der Waals surface area contributed by atoms with E-state index < -0.39 is 0 Å². The van der Waals surface area contributed by atoms with Gasteiger partial charge in [-0.2, -0.15) is 0 Å². The van der Waals surface area contributed by atoms with E-state index in [1.165, 1.54) is 25.3 Å². The van der Waals surface area contributed by atoms with Gasteiger partial charge in [-0.25, -0.2) is 0 Å². The summed E-state index contributed by atoms with van der Waals surface area (Å²) in [5, 5.41) is 9.69. The number of hydrogen-bond acceptors (Lipinski definition) is 7. The van der Waals surface area contributed by atoms with Crippen molar-refractivity contribution in [3.63, 3.8) is 0 Å². The minimum Gasteiger partial charge on any atom is -0.504 e. The van der Waals surface area contributed by atoms with Gasteiger partial charge < -0.3 is 28.8 Å². The van der Waals surface area contributed by atoms with E-state index in [2.05, 4.69) is 0 Å². The SMILES string of the molecule is COc1cc(C(=O)/C=C/c2ccc(OC)c(COc3ccc4c(c3)OCO4)c2)ccc1O. The fourth-order valence-corrected chi connectivity index (χ4v) is 3.24. The number of phenols is 1. The number of allylic oxidation sites excluding steroid dienone is 1. The summed E-state index contributed by atoms with van der Waals surface area (Å²) >= 11 is 0. The molecular formula is C25H22O7. The van der Waals surface area contributed by atoms with E-state index in [1.54, 1.807) is 31.4 Å². The van der Waals surface area contributed by atoms with Crippen LogP contribution >= 0.6 is 0 Å². The molecule has 1 aliphatic heterocycles. The van der Waals surface area contributed by atoms with Gasteiger partial charge in [0, 0.05) is 17.2 Å². The van der Waals surface area contributed by atoms with Gasteiger partial charge in [-0.3, -0.25) is 4.79 Å². The van der Waals surface area contributed by atoms with Gasteiger partial charge >= 0.3 is 0 Å². The van der Waals surface area contributed by atoms with Crippen molar-refractivity contribution in [3.8, 4) is 34.5 Å². The van der Waals surface area contributed by atoms with Crippen molar-refractivity contribution in [1.29, 1.82) is 0 Å². The van der Waals surface area contributed by atoms with Crippen LogP contribution in [0.25, 0.3) is 6.08 Å². The Kier molecular flexibility index (Phi) is 6.17. The summed E-state index contributed by atoms with van der Waals surface area (Å²) in [7, 11) is 3.03. The van der Waals surface area contributed by atoms with Gasteiger partial charge in [0.1, 0.15) is 18.1 Å². The second-order valence-electron chi connectivity index (χ2n) is 6.96. The van der Waals surface area contributed by atoms with Crippen molar-refractivity contribution in [2.75, 3.05) is 21.0 Å². The Hall–Kier alpha value is -4.13. The number of benzene rings is 3. The smallest absolute Gasteiger partial charge is 0.231 e. The molecule has 32 heavy (non-hydrogen) atoms. The van der Waals surface area contributed by atoms with Gasteiger partial charge in [0.25, 0.3) is 0 Å². The van der Waals surface area contributed by atoms with Crippen molar-refractivity contribution in [3.05, 3.63) is 77.4 Å². The van der Waals surface area contributed by atoms with E-state index >= 15 is 0 Å². The predicted molar refractivity (Wildman–Crippen MR) is 118 cm³/mol. The first-order chi connectivity index (χ1) is 15.6. The molecule has 7 nitrogen and oxygen atoms in total. The normalized spacial score (nSPS) is 12.1. The number of carbonyl (C=O) groups excluding carboxylic acids is 1. The van der Waals surface area contributed by atoms with Crippen molar-refractivity contribution in [1.82, 2.24) is 0 Å². The zero-order valence-electron chi connectivity index (χ0n) is 17.7. The molecule has 0 amide bonds. The lowest BCUT2D eigenvalue weighted by Gasteiger charge is -2.11. The Balaban J connectivity index is 1.48. The van der Waals surface area contributed by atoms with Crippen LogP contribution in [-0.2, 0) is 6.61 Å². The summed E-state index contributed by atoms with van der Waals surface area (Å²) < 4.78 is 27.1. The van der Waals surface area contributed by atoms with Gasteiger partial charge in [0.05, 0.1) is 14.2 Å². The van der Waals surface area contributed by atoms with Crippen LogP contribution < -0.4 is 23.7 Å². The summed E-state index contributed by atoms with van der Waals surface area (Å²) in [6.07, 6.45) is 3.18. The fraction of sp³-hybridized carbons (Fsp3) is 0.160. The largest absolute Gasteiger partial charge is 0.504 e. The van der Waals surface area contributed by atoms with E-state index in [-0.39, 0.29) is 30.7 Å². The predicted octanol–water partition coefficient (Wildman–Crippen LogP) is 4.61. The monoisotopic (exact) mass is 434 g/mol. The highest BCUT2D eigenvalue weighted by atomic mass is 16.7. The van der Waals surface area contributed by atoms with Crippen molar-refractivity contribution in [2.24, 2.45) is 0 Å². The molecule has 0 fully saturated rings. The minimum atomic E-state index is -0.211. The van der Waals surface area contributed by atoms with Crippen molar-refractivity contribution < 1.29 is 33.6 Å². The van der Waals surface area contributed by atoms with Gasteiger partial charge in [-0.05, 0) is 54.1 Å². The van der Waals surface area contributed by atoms with Crippen LogP contribution in [0.4, 0.5) is 0 Å². The zero-order chi connectivity index (χ0) is 22.5. The zero-order valence-corrected chi connectivity index (χ0v) is 17.7. The number of rotatable bonds is 8. The maximum absolute atomic E-state index is 12.5. The third-order valence-corrected chi connectivity index (χ3v) is 4.93. The molecule has 1 aliphatic rings. The molecule has 0 radical (unpaired) electrons. The first kappa shape index (κ1) is 21.1. The Labute approximate surface area is 185 Å². The maximum Gasteiger partial charge on any atom is 0.231 e. The second kappa shape index (κ2) is 9.34. The highest BCUT2D eigenvalue weighted by molar-refractivity contribution is 6.07. The van der Waals surface area contributed by atoms with Crippen LogP contribution in [0.2, 0.25) is 0 Å². The third-order valence-electron chi connectivity index (χ3n) is 4.93. The molecule has 164 valence electrons. The summed E-state index contributed by atoms with van der Waals surface area (Å²) in [5.74, 6) is 2.68. The van der Waals surface area contributed by atoms with Crippen LogP contribution in [0.1, 0.15) is 21.5 Å². The molecule has 0 unspecified atom stereocenters. The topological polar surface area (TPSA) is 83.5 Å². The Morgan fingerprint density at radius 1 is 0.969 bits per heavy atom. The standard InChI is InChI=1S/C25H22O7/c1-28-22-9-4-16(3-7-20(26)17-5-8-21(27)24(12-17)29-2)11-18(22)14-30-19-6-10-23-25(13-19)32-15-31-23/h3-13,27H,14-15H2,1-2H3/b7-3+. The molecule has 4 rings (SSSR count). The quantitative estimate of drug-likeness (QED) is 0.409. The Bertz CT molecular complexity index is 1170. The summed E-state index contributed by atoms with van der Waals surface area (Å²) in [4.78, 5) is 12.5. The first-order valence-electron chi connectivity index (χ1n) is 9.86. The summed E-state index contributed by atoms with van der Waals surface area (Å²) in [6, 6.07) is 15.4. The molecule has 1 N–H and O–H groups in total. The average molecular weight is 434 g/mol. The van der Waals surface area contributed by atoms with Gasteiger partial charge in [-0.15, -0.1) is 0 Å². The van der Waals surface area contributed by atoms with Crippen LogP contribution in [0.15, 0.2) is 60.7 Å². The molecule has 0 saturated carbocycles. The van der Waals surface area contributed by atoms with E-state index in [9.17, 15) is 9.90 Å². The van der Waals surface area contributed by atoms with Crippen LogP contribution in [0, 0.1) is 0 Å². The van der Waals surface area contributed by atoms with Crippen molar-refractivity contribution >= 4 is 11.9 Å². The molecule has 3 aromatic rings. The molecular weight excluding hydrogens is 412 g/mol. The number of aromatic hydroxyl groups is 1. The number of carbonyl (C=O) groups is 1. The van der Waals surface area contributed by atoms with E-state index in [1.807, 2.05) is 24.3 Å². The number of fused-ring (bicyclic) bond motifs is 1. The molecule has 0 aromatic heterocycles. The highest BCUT2D eigenvalue weighted by Gasteiger charge is 2.14.